The van der Waals surface area contributed by atoms with Crippen LogP contribution < -0.4 is 0 Å². The molecule has 0 amide bonds. The van der Waals surface area contributed by atoms with Gasteiger partial charge in [0.25, 0.3) is 0 Å². The summed E-state index contributed by atoms with van der Waals surface area (Å²) in [4.78, 5) is 0. The molecule has 0 aliphatic carbocycles. The third-order valence-corrected chi connectivity index (χ3v) is 2.67. The Labute approximate surface area is 62.9 Å². The molecule has 0 aromatic carbocycles. The van der Waals surface area contributed by atoms with Crippen LogP contribution in [-0.4, -0.2) is 16.5 Å². The van der Waals surface area contributed by atoms with Crippen molar-refractivity contribution in [3.63, 3.8) is 0 Å². The average Bonchev–Trinajstić information content (AvgIpc) is 1.85. The molecule has 0 aromatic rings. The molecular formula is C8H18O2. The number of hydrogen-bond acceptors (Lipinski definition) is 2. The molecule has 62 valence electrons. The Morgan fingerprint density at radius 1 is 1.30 bits per heavy atom. The summed E-state index contributed by atoms with van der Waals surface area (Å²) in [5.41, 5.74) is -0.347. The zero-order valence-corrected chi connectivity index (χ0v) is 7.26. The van der Waals surface area contributed by atoms with E-state index in [0.717, 1.165) is 6.42 Å². The van der Waals surface area contributed by atoms with Gasteiger partial charge in [0.1, 0.15) is 0 Å². The summed E-state index contributed by atoms with van der Waals surface area (Å²) in [5.74, 6) is 0.303. The summed E-state index contributed by atoms with van der Waals surface area (Å²) in [5, 5.41) is 18.0. The van der Waals surface area contributed by atoms with Gasteiger partial charge in [-0.2, -0.15) is 0 Å². The molecule has 0 bridgehead atoms. The highest BCUT2D eigenvalue weighted by molar-refractivity contribution is 4.77. The van der Waals surface area contributed by atoms with Crippen molar-refractivity contribution in [1.82, 2.24) is 0 Å². The van der Waals surface area contributed by atoms with Gasteiger partial charge in [0.05, 0.1) is 0 Å². The minimum absolute atomic E-state index is 0.303. The largest absolute Gasteiger partial charge is 0.368 e. The summed E-state index contributed by atoms with van der Waals surface area (Å²) in [7, 11) is 0. The van der Waals surface area contributed by atoms with Crippen molar-refractivity contribution in [3.8, 4) is 0 Å². The van der Waals surface area contributed by atoms with Crippen LogP contribution in [0.4, 0.5) is 0 Å². The molecule has 1 atom stereocenters. The fraction of sp³-hybridized carbons (Fsp3) is 1.00. The number of aliphatic hydroxyl groups is 2. The van der Waals surface area contributed by atoms with Crippen molar-refractivity contribution >= 4 is 0 Å². The normalized spacial score (nSPS) is 18.0. The van der Waals surface area contributed by atoms with Gasteiger partial charge in [-0.25, -0.2) is 0 Å². The van der Waals surface area contributed by atoms with Crippen LogP contribution in [0.5, 0.6) is 0 Å². The predicted octanol–water partition coefficient (Wildman–Crippen LogP) is 1.37. The van der Waals surface area contributed by atoms with Crippen LogP contribution in [0.2, 0.25) is 0 Å². The SMILES string of the molecule is CCC(C)(C(C)C)C(O)O. The standard InChI is InChI=1S/C8H18O2/c1-5-8(4,6(2)3)7(9)10/h6-7,9-10H,5H2,1-4H3. The molecule has 0 saturated heterocycles. The average molecular weight is 146 g/mol. The molecule has 2 nitrogen and oxygen atoms in total. The maximum atomic E-state index is 9.00. The van der Waals surface area contributed by atoms with Crippen molar-refractivity contribution in [2.45, 2.75) is 40.4 Å². The lowest BCUT2D eigenvalue weighted by atomic mass is 9.76. The highest BCUT2D eigenvalue weighted by Crippen LogP contribution is 2.33. The van der Waals surface area contributed by atoms with Gasteiger partial charge < -0.3 is 10.2 Å². The smallest absolute Gasteiger partial charge is 0.157 e. The summed E-state index contributed by atoms with van der Waals surface area (Å²) in [6.45, 7) is 7.87. The van der Waals surface area contributed by atoms with Gasteiger partial charge in [-0.15, -0.1) is 0 Å². The van der Waals surface area contributed by atoms with Crippen molar-refractivity contribution < 1.29 is 10.2 Å². The van der Waals surface area contributed by atoms with Gasteiger partial charge >= 0.3 is 0 Å². The molecule has 0 heterocycles. The molecule has 0 aliphatic rings. The zero-order chi connectivity index (χ0) is 8.36. The monoisotopic (exact) mass is 146 g/mol. The van der Waals surface area contributed by atoms with Crippen LogP contribution in [0.1, 0.15) is 34.1 Å². The minimum Gasteiger partial charge on any atom is -0.368 e. The molecule has 2 heteroatoms. The number of rotatable bonds is 3. The van der Waals surface area contributed by atoms with E-state index in [1.807, 2.05) is 27.7 Å². The third-order valence-electron chi connectivity index (χ3n) is 2.67. The van der Waals surface area contributed by atoms with Crippen LogP contribution in [-0.2, 0) is 0 Å². The number of aliphatic hydroxyl groups excluding tert-OH is 1. The van der Waals surface area contributed by atoms with Crippen molar-refractivity contribution in [3.05, 3.63) is 0 Å². The first-order chi connectivity index (χ1) is 4.45. The van der Waals surface area contributed by atoms with Crippen LogP contribution in [0.15, 0.2) is 0 Å². The summed E-state index contributed by atoms with van der Waals surface area (Å²) in [6, 6.07) is 0. The van der Waals surface area contributed by atoms with Gasteiger partial charge in [-0.3, -0.25) is 0 Å². The first-order valence-electron chi connectivity index (χ1n) is 3.81. The van der Waals surface area contributed by atoms with Gasteiger partial charge in [0.2, 0.25) is 0 Å². The second-order valence-electron chi connectivity index (χ2n) is 3.39. The minimum atomic E-state index is -1.20. The van der Waals surface area contributed by atoms with Gasteiger partial charge in [-0.1, -0.05) is 27.7 Å². The fourth-order valence-corrected chi connectivity index (χ4v) is 0.889. The highest BCUT2D eigenvalue weighted by Gasteiger charge is 2.32. The van der Waals surface area contributed by atoms with Crippen molar-refractivity contribution in [2.24, 2.45) is 11.3 Å². The molecule has 10 heavy (non-hydrogen) atoms. The van der Waals surface area contributed by atoms with Gasteiger partial charge in [0.15, 0.2) is 6.29 Å². The van der Waals surface area contributed by atoms with Crippen LogP contribution in [0.25, 0.3) is 0 Å². The number of hydrogen-bond donors (Lipinski definition) is 2. The second kappa shape index (κ2) is 3.35. The Morgan fingerprint density at radius 2 is 1.70 bits per heavy atom. The Hall–Kier alpha value is -0.0800. The predicted molar refractivity (Wildman–Crippen MR) is 41.5 cm³/mol. The van der Waals surface area contributed by atoms with Crippen molar-refractivity contribution in [1.29, 1.82) is 0 Å². The Morgan fingerprint density at radius 3 is 1.70 bits per heavy atom. The molecule has 2 N–H and O–H groups in total. The van der Waals surface area contributed by atoms with Gasteiger partial charge in [-0.05, 0) is 12.3 Å². The highest BCUT2D eigenvalue weighted by atomic mass is 16.5. The van der Waals surface area contributed by atoms with Crippen LogP contribution in [0, 0.1) is 11.3 Å². The lowest BCUT2D eigenvalue weighted by molar-refractivity contribution is -0.147. The van der Waals surface area contributed by atoms with Crippen LogP contribution >= 0.6 is 0 Å². The van der Waals surface area contributed by atoms with E-state index in [2.05, 4.69) is 0 Å². The molecule has 1 unspecified atom stereocenters. The van der Waals surface area contributed by atoms with Crippen molar-refractivity contribution in [2.75, 3.05) is 0 Å². The van der Waals surface area contributed by atoms with E-state index in [-0.39, 0.29) is 5.41 Å². The summed E-state index contributed by atoms with van der Waals surface area (Å²) < 4.78 is 0. The topological polar surface area (TPSA) is 40.5 Å². The Bertz CT molecular complexity index is 89.4. The van der Waals surface area contributed by atoms with E-state index in [9.17, 15) is 0 Å². The second-order valence-corrected chi connectivity index (χ2v) is 3.39. The first-order valence-corrected chi connectivity index (χ1v) is 3.81. The maximum Gasteiger partial charge on any atom is 0.157 e. The van der Waals surface area contributed by atoms with E-state index < -0.39 is 6.29 Å². The summed E-state index contributed by atoms with van der Waals surface area (Å²) in [6.07, 6.45) is -0.403. The molecule has 0 spiro atoms. The van der Waals surface area contributed by atoms with E-state index in [0.29, 0.717) is 5.92 Å². The summed E-state index contributed by atoms with van der Waals surface area (Å²) >= 11 is 0. The van der Waals surface area contributed by atoms with E-state index in [1.54, 1.807) is 0 Å². The van der Waals surface area contributed by atoms with E-state index in [1.165, 1.54) is 0 Å². The molecule has 0 saturated carbocycles. The van der Waals surface area contributed by atoms with Gasteiger partial charge in [0, 0.05) is 5.41 Å². The Kier molecular flexibility index (Phi) is 3.33. The first kappa shape index (κ1) is 9.92. The maximum absolute atomic E-state index is 9.00. The third kappa shape index (κ3) is 1.70. The van der Waals surface area contributed by atoms with E-state index in [4.69, 9.17) is 10.2 Å². The Balaban J connectivity index is 4.23. The van der Waals surface area contributed by atoms with Crippen LogP contribution in [0.3, 0.4) is 0 Å². The molecule has 0 radical (unpaired) electrons. The molecular weight excluding hydrogens is 128 g/mol. The quantitative estimate of drug-likeness (QED) is 0.590. The fourth-order valence-electron chi connectivity index (χ4n) is 0.889. The molecule has 0 aliphatic heterocycles. The zero-order valence-electron chi connectivity index (χ0n) is 7.26. The van der Waals surface area contributed by atoms with E-state index >= 15 is 0 Å². The molecule has 0 fully saturated rings. The molecule has 0 aromatic heterocycles. The molecule has 0 rings (SSSR count). The lowest BCUT2D eigenvalue weighted by Crippen LogP contribution is -2.36. The lowest BCUT2D eigenvalue weighted by Gasteiger charge is -2.34.